The largest absolute Gasteiger partial charge is 0.492 e. The molecule has 4 rings (SSSR count). The number of primary amides is 2. The molecule has 0 fully saturated rings. The van der Waals surface area contributed by atoms with E-state index in [1.165, 1.54) is 40.5 Å². The Morgan fingerprint density at radius 1 is 0.454 bits per heavy atom. The third kappa shape index (κ3) is 139. The van der Waals surface area contributed by atoms with Crippen LogP contribution in [0.2, 0.25) is 0 Å². The zero-order chi connectivity index (χ0) is 73.2. The molecule has 4 heterocycles. The summed E-state index contributed by atoms with van der Waals surface area (Å²) >= 11 is 4.55. The Morgan fingerprint density at radius 2 is 0.660 bits per heavy atom. The van der Waals surface area contributed by atoms with E-state index >= 15 is 0 Å². The molecule has 0 saturated carbocycles. The first-order valence-electron chi connectivity index (χ1n) is 31.8. The van der Waals surface area contributed by atoms with Crippen LogP contribution >= 0.6 is 45.2 Å². The first-order valence-corrected chi connectivity index (χ1v) is 34.8. The summed E-state index contributed by atoms with van der Waals surface area (Å²) in [5.74, 6) is 1.17. The number of hydrogen-bond acceptors (Lipinski definition) is 15. The average molecular weight is 1900 g/mol. The smallest absolute Gasteiger partial charge is 0.271 e. The number of amides is 2. The van der Waals surface area contributed by atoms with E-state index in [1.54, 1.807) is 48.8 Å². The molecule has 2 amide bonds. The average Bonchev–Trinajstić information content (AvgIpc) is 0.962. The molecule has 97 heavy (non-hydrogen) atoms. The molecule has 4 aromatic heterocycles. The molecule has 570 valence electrons. The number of aromatic nitrogens is 4. The molecule has 0 aliphatic rings. The van der Waals surface area contributed by atoms with Crippen LogP contribution in [-0.4, -0.2) is 137 Å². The maximum atomic E-state index is 10.8. The fourth-order valence-corrected chi connectivity index (χ4v) is 3.69. The molecule has 17 nitrogen and oxygen atoms in total. The molecule has 6 N–H and O–H groups in total. The number of pyridine rings is 4. The number of ether oxygens (including phenoxy) is 4. The number of nitrogens with one attached hydrogen (secondary N) is 2. The third-order valence-electron chi connectivity index (χ3n) is 7.28. The first kappa shape index (κ1) is 151. The maximum absolute atomic E-state index is 10.8. The third-order valence-corrected chi connectivity index (χ3v) is 7.28. The van der Waals surface area contributed by atoms with E-state index in [0.717, 1.165) is 63.8 Å². The summed E-state index contributed by atoms with van der Waals surface area (Å²) in [6, 6.07) is 15.9. The fourth-order valence-electron chi connectivity index (χ4n) is 3.69. The second kappa shape index (κ2) is 150. The van der Waals surface area contributed by atoms with Crippen LogP contribution in [0.5, 0.6) is 23.0 Å². The number of nitrogens with two attached hydrogens (primary N) is 2. The quantitative estimate of drug-likeness (QED) is 0.0412. The number of halogens is 2. The minimum atomic E-state index is -0.570. The minimum absolute atomic E-state index is 0. The van der Waals surface area contributed by atoms with Crippen LogP contribution in [0.25, 0.3) is 0 Å². The van der Waals surface area contributed by atoms with Crippen molar-refractivity contribution in [2.45, 2.75) is 193 Å². The van der Waals surface area contributed by atoms with Crippen molar-refractivity contribution in [2.75, 3.05) is 95.3 Å². The van der Waals surface area contributed by atoms with E-state index in [2.05, 4.69) is 187 Å². The van der Waals surface area contributed by atoms with Crippen molar-refractivity contribution >= 4 is 57.0 Å². The minimum Gasteiger partial charge on any atom is -0.492 e. The maximum Gasteiger partial charge on any atom is 0.271 e. The molecule has 23 heteroatoms. The van der Waals surface area contributed by atoms with Gasteiger partial charge in [-0.25, -0.2) is 15.0 Å². The number of aryl methyl sites for hydroxylation is 1. The van der Waals surface area contributed by atoms with Crippen LogP contribution in [0.1, 0.15) is 219 Å². The van der Waals surface area contributed by atoms with Crippen molar-refractivity contribution in [3.8, 4) is 29.1 Å². The summed E-state index contributed by atoms with van der Waals surface area (Å²) < 4.78 is 21.9. The number of carbonyl (C=O) groups is 2. The van der Waals surface area contributed by atoms with Crippen LogP contribution in [0.4, 0.5) is 0 Å². The van der Waals surface area contributed by atoms with Crippen LogP contribution in [-0.2, 0) is 131 Å². The predicted molar refractivity (Wildman–Crippen MR) is 434 cm³/mol. The van der Waals surface area contributed by atoms with E-state index in [9.17, 15) is 9.59 Å². The van der Waals surface area contributed by atoms with Crippen molar-refractivity contribution in [1.29, 1.82) is 5.26 Å². The molecule has 0 aliphatic heterocycles. The molecule has 0 unspecified atom stereocenters. The molecule has 0 bridgehead atoms. The Balaban J connectivity index is -0.0000000372. The van der Waals surface area contributed by atoms with Crippen LogP contribution < -0.4 is 41.0 Å². The van der Waals surface area contributed by atoms with Crippen molar-refractivity contribution < 1.29 is 159 Å². The Morgan fingerprint density at radius 3 is 0.845 bits per heavy atom. The molecular formula is C74H149I2N11O6Y4-8. The zero-order valence-electron chi connectivity index (χ0n) is 63.9. The van der Waals surface area contributed by atoms with Gasteiger partial charge in [0.25, 0.3) is 11.8 Å². The number of nitrogens with zero attached hydrogens (tertiary/aromatic N) is 7. The molecule has 0 atom stereocenters. The Hall–Kier alpha value is -0.0544. The van der Waals surface area contributed by atoms with Crippen molar-refractivity contribution in [3.05, 3.63) is 151 Å². The normalized spacial score (nSPS) is 7.57. The number of rotatable bonds is 18. The van der Waals surface area contributed by atoms with E-state index < -0.39 is 11.8 Å². The van der Waals surface area contributed by atoms with E-state index in [1.807, 2.05) is 132 Å². The predicted octanol–water partition coefficient (Wildman–Crippen LogP) is 19.4. The zero-order valence-corrected chi connectivity index (χ0v) is 79.6. The molecule has 4 radical (unpaired) electrons. The van der Waals surface area contributed by atoms with Crippen LogP contribution in [0, 0.1) is 73.6 Å². The summed E-state index contributed by atoms with van der Waals surface area (Å²) in [7, 11) is 3.97. The van der Waals surface area contributed by atoms with E-state index in [-0.39, 0.29) is 165 Å². The molecular weight excluding hydrogens is 1750 g/mol. The SMILES string of the molecule is C.C.C.CC.CC.CC.CC.CCC.CCC.CCC.CCC.CCOc1cccnc1C.CCOc1cccnc1C#N.CCOc1cccnc1C(N)=O.CCOc1cccnc1C(N)=O.ICI.[CH2-]CN(C)C[CH2-].[CH2-]CN(C)C[CH2-].[CH2-]CNC[CH2-].[CH2-]CNC[CH2-].[Y].[Y].[Y].[Y]. The molecule has 0 spiro atoms. The molecule has 4 aromatic rings. The van der Waals surface area contributed by atoms with Gasteiger partial charge in [-0.2, -0.15) is 5.26 Å². The van der Waals surface area contributed by atoms with Gasteiger partial charge in [0.05, 0.1) is 34.6 Å². The van der Waals surface area contributed by atoms with Gasteiger partial charge in [-0.3, -0.25) is 14.6 Å². The van der Waals surface area contributed by atoms with Gasteiger partial charge in [0.2, 0.25) is 0 Å². The first-order chi connectivity index (χ1) is 43.2. The number of alkyl halides is 2. The van der Waals surface area contributed by atoms with Gasteiger partial charge in [0.1, 0.15) is 11.8 Å². The van der Waals surface area contributed by atoms with Crippen molar-refractivity contribution in [1.82, 2.24) is 40.4 Å². The number of nitriles is 1. The summed E-state index contributed by atoms with van der Waals surface area (Å²) in [5, 5.41) is 14.3. The Kier molecular flexibility index (Phi) is 233. The Bertz CT molecular complexity index is 1830. The van der Waals surface area contributed by atoms with Crippen molar-refractivity contribution in [2.24, 2.45) is 11.5 Å². The van der Waals surface area contributed by atoms with Gasteiger partial charge in [-0.05, 0) is 97.2 Å². The Labute approximate surface area is 733 Å². The van der Waals surface area contributed by atoms with Gasteiger partial charge in [-0.1, -0.05) is 204 Å². The van der Waals surface area contributed by atoms with Gasteiger partial charge in [0.15, 0.2) is 34.3 Å². The van der Waals surface area contributed by atoms with Crippen LogP contribution in [0.3, 0.4) is 0 Å². The van der Waals surface area contributed by atoms with Gasteiger partial charge >= 0.3 is 0 Å². The second-order valence-corrected chi connectivity index (χ2v) is 19.7. The summed E-state index contributed by atoms with van der Waals surface area (Å²) in [5.41, 5.74) is 11.8. The van der Waals surface area contributed by atoms with Gasteiger partial charge in [-0.15, -0.1) is 52.4 Å². The summed E-state index contributed by atoms with van der Waals surface area (Å²) in [6.45, 7) is 79.9. The number of hydrogen-bond donors (Lipinski definition) is 4. The number of carbonyl (C=O) groups excluding carboxylic acids is 2. The fraction of sp³-hybridized carbons (Fsp3) is 0.581. The van der Waals surface area contributed by atoms with Crippen LogP contribution in [0.15, 0.2) is 73.3 Å². The van der Waals surface area contributed by atoms with E-state index in [4.69, 9.17) is 35.7 Å². The summed E-state index contributed by atoms with van der Waals surface area (Å²) in [6.07, 6.45) is 11.3. The second-order valence-electron chi connectivity index (χ2n) is 15.2. The molecule has 0 saturated heterocycles. The van der Waals surface area contributed by atoms with Crippen molar-refractivity contribution in [3.63, 3.8) is 0 Å². The molecule has 0 aliphatic carbocycles. The standard InChI is InChI=1S/2C8H10N2O2.C8H8N2O.C8H11NO.2C5H11N.2C4H9N.4C3H8.4C2H6.CH2I2.3CH4.4Y/c2*1-2-12-6-4-3-5-10-7(6)8(9)11;1-2-11-8-4-3-5-10-7(8)6-9;1-3-10-8-5-4-6-9-7(8)2;2*1-4-6(3)5-2;2*1-3-5-4-2;4*1-3-2;4*1-2;2-1-3;;;;;;;/h2*3-5H,2H2,1H3,(H2,9,11);3-5H,2H2,1H3;4-6H,3H2,1-2H3;2*1-2,4-5H2,3H3;2*5H,1-4H2;4*3H2,1-2H3;4*1-2H3;1H2;3*1H4;;;;/q;;;;4*-2;;;;;;;;;;;;;;;;. The van der Waals surface area contributed by atoms with Gasteiger partial charge in [0, 0.05) is 156 Å². The topological polar surface area (TPSA) is 229 Å². The van der Waals surface area contributed by atoms with Gasteiger partial charge < -0.3 is 106 Å². The van der Waals surface area contributed by atoms with E-state index in [0.29, 0.717) is 49.4 Å². The molecule has 0 aromatic carbocycles. The summed E-state index contributed by atoms with van der Waals surface area (Å²) in [4.78, 5) is 41.1. The monoisotopic (exact) mass is 1900 g/mol.